The Bertz CT molecular complexity index is 1100. The molecule has 1 saturated heterocycles. The summed E-state index contributed by atoms with van der Waals surface area (Å²) in [6, 6.07) is 4.38. The summed E-state index contributed by atoms with van der Waals surface area (Å²) in [6.45, 7) is 3.10. The second-order valence-electron chi connectivity index (χ2n) is 8.26. The molecule has 0 spiro atoms. The van der Waals surface area contributed by atoms with Crippen LogP contribution in [0.25, 0.3) is 11.0 Å². The first-order valence-corrected chi connectivity index (χ1v) is 11.3. The van der Waals surface area contributed by atoms with Crippen molar-refractivity contribution >= 4 is 22.5 Å². The highest BCUT2D eigenvalue weighted by Gasteiger charge is 2.25. The molecule has 2 aromatic heterocycles. The number of hydrogen-bond donors (Lipinski definition) is 1. The molecule has 5 rings (SSSR count). The summed E-state index contributed by atoms with van der Waals surface area (Å²) in [5.41, 5.74) is 2.66. The van der Waals surface area contributed by atoms with Gasteiger partial charge in [0, 0.05) is 43.3 Å². The lowest BCUT2D eigenvalue weighted by molar-refractivity contribution is 0.122. The minimum absolute atomic E-state index is 0.0537. The first-order valence-electron chi connectivity index (χ1n) is 11.3. The third-order valence-corrected chi connectivity index (χ3v) is 6.11. The second-order valence-corrected chi connectivity index (χ2v) is 8.26. The van der Waals surface area contributed by atoms with E-state index in [1.807, 2.05) is 0 Å². The zero-order chi connectivity index (χ0) is 22.6. The lowest BCUT2D eigenvalue weighted by Crippen LogP contribution is -2.36. The topological polar surface area (TPSA) is 94.5 Å². The zero-order valence-corrected chi connectivity index (χ0v) is 18.5. The molecular formula is C23H27FN6O3. The number of fused-ring (bicyclic) bond motifs is 1. The van der Waals surface area contributed by atoms with Crippen LogP contribution in [0.2, 0.25) is 0 Å². The van der Waals surface area contributed by atoms with Gasteiger partial charge in [0.2, 0.25) is 0 Å². The summed E-state index contributed by atoms with van der Waals surface area (Å²) in [6.07, 6.45) is 7.92. The van der Waals surface area contributed by atoms with E-state index in [1.165, 1.54) is 7.11 Å². The van der Waals surface area contributed by atoms with Crippen molar-refractivity contribution in [2.75, 3.05) is 43.6 Å². The Hall–Kier alpha value is -3.27. The molecule has 1 aliphatic carbocycles. The zero-order valence-electron chi connectivity index (χ0n) is 18.5. The second kappa shape index (κ2) is 9.70. The van der Waals surface area contributed by atoms with E-state index in [-0.39, 0.29) is 24.0 Å². The maximum Gasteiger partial charge on any atom is 0.318 e. The molecule has 1 aromatic carbocycles. The van der Waals surface area contributed by atoms with Gasteiger partial charge in [-0.2, -0.15) is 4.98 Å². The molecule has 174 valence electrons. The quantitative estimate of drug-likeness (QED) is 0.602. The smallest absolute Gasteiger partial charge is 0.318 e. The molecule has 0 bridgehead atoms. The Labute approximate surface area is 191 Å². The highest BCUT2D eigenvalue weighted by molar-refractivity contribution is 5.85. The number of halogens is 1. The van der Waals surface area contributed by atoms with Gasteiger partial charge in [-0.3, -0.25) is 4.98 Å². The maximum atomic E-state index is 14.1. The van der Waals surface area contributed by atoms with Crippen molar-refractivity contribution in [3.05, 3.63) is 36.5 Å². The van der Waals surface area contributed by atoms with Gasteiger partial charge in [-0.05, 0) is 31.7 Å². The van der Waals surface area contributed by atoms with E-state index in [2.05, 4.69) is 42.3 Å². The Kier molecular flexibility index (Phi) is 6.34. The molecule has 1 saturated carbocycles. The van der Waals surface area contributed by atoms with Crippen LogP contribution in [0.15, 0.2) is 30.7 Å². The van der Waals surface area contributed by atoms with Gasteiger partial charge in [0.15, 0.2) is 11.6 Å². The minimum atomic E-state index is -0.487. The molecule has 1 aliphatic heterocycles. The van der Waals surface area contributed by atoms with Gasteiger partial charge in [0.05, 0.1) is 38.1 Å². The normalized spacial score (nSPS) is 21.1. The van der Waals surface area contributed by atoms with Crippen molar-refractivity contribution in [2.45, 2.75) is 37.8 Å². The molecule has 0 atom stereocenters. The van der Waals surface area contributed by atoms with Crippen molar-refractivity contribution in [1.29, 1.82) is 0 Å². The number of anilines is 2. The molecular weight excluding hydrogens is 427 g/mol. The van der Waals surface area contributed by atoms with E-state index in [1.54, 1.807) is 12.4 Å². The average molecular weight is 455 g/mol. The number of methoxy groups -OCH3 is 1. The van der Waals surface area contributed by atoms with Crippen LogP contribution in [0.5, 0.6) is 11.8 Å². The molecule has 0 amide bonds. The van der Waals surface area contributed by atoms with E-state index in [0.717, 1.165) is 67.4 Å². The maximum absolute atomic E-state index is 14.1. The summed E-state index contributed by atoms with van der Waals surface area (Å²) in [5, 5.41) is 3.19. The van der Waals surface area contributed by atoms with E-state index >= 15 is 0 Å². The number of nitrogens with zero attached hydrogens (tertiary/aromatic N) is 5. The van der Waals surface area contributed by atoms with E-state index < -0.39 is 5.82 Å². The SMILES string of the molecule is COc1ncc(F)c(N[C@H]2CC[C@@H](Oc3cc(N4CCOCC4)cc4nccnc34)CC2)n1. The third kappa shape index (κ3) is 4.90. The van der Waals surface area contributed by atoms with Gasteiger partial charge in [-0.15, -0.1) is 0 Å². The molecule has 3 heterocycles. The van der Waals surface area contributed by atoms with Gasteiger partial charge in [0.25, 0.3) is 0 Å². The van der Waals surface area contributed by atoms with Crippen LogP contribution in [0, 0.1) is 5.82 Å². The van der Waals surface area contributed by atoms with Crippen LogP contribution >= 0.6 is 0 Å². The highest BCUT2D eigenvalue weighted by Crippen LogP contribution is 2.33. The Morgan fingerprint density at radius 3 is 2.64 bits per heavy atom. The van der Waals surface area contributed by atoms with Crippen molar-refractivity contribution in [3.63, 3.8) is 0 Å². The van der Waals surface area contributed by atoms with Gasteiger partial charge >= 0.3 is 6.01 Å². The molecule has 0 radical (unpaired) electrons. The molecule has 1 N–H and O–H groups in total. The van der Waals surface area contributed by atoms with Gasteiger partial charge in [-0.1, -0.05) is 0 Å². The average Bonchev–Trinajstić information content (AvgIpc) is 2.87. The standard InChI is InChI=1S/C23H27FN6O3/c1-31-23-27-14-18(24)22(29-23)28-15-2-4-17(5-3-15)33-20-13-16(30-8-10-32-11-9-30)12-19-21(20)26-7-6-25-19/h6-7,12-15,17H,2-5,8-11H2,1H3,(H,27,28,29)/t15-,17+. The first-order chi connectivity index (χ1) is 16.2. The van der Waals surface area contributed by atoms with Crippen molar-refractivity contribution < 1.29 is 18.6 Å². The Morgan fingerprint density at radius 2 is 1.85 bits per heavy atom. The molecule has 2 fully saturated rings. The number of benzene rings is 1. The number of nitrogens with one attached hydrogen (secondary N) is 1. The highest BCUT2D eigenvalue weighted by atomic mass is 19.1. The number of ether oxygens (including phenoxy) is 3. The van der Waals surface area contributed by atoms with Crippen LogP contribution in [-0.2, 0) is 4.74 Å². The lowest BCUT2D eigenvalue weighted by Gasteiger charge is -2.31. The van der Waals surface area contributed by atoms with Gasteiger partial charge in [-0.25, -0.2) is 14.4 Å². The Balaban J connectivity index is 1.27. The molecule has 9 nitrogen and oxygen atoms in total. The molecule has 33 heavy (non-hydrogen) atoms. The summed E-state index contributed by atoms with van der Waals surface area (Å²) < 4.78 is 31.0. The predicted molar refractivity (Wildman–Crippen MR) is 121 cm³/mol. The van der Waals surface area contributed by atoms with Crippen LogP contribution in [0.4, 0.5) is 15.9 Å². The summed E-state index contributed by atoms with van der Waals surface area (Å²) in [5.74, 6) is 0.440. The van der Waals surface area contributed by atoms with Crippen molar-refractivity contribution in [3.8, 4) is 11.8 Å². The van der Waals surface area contributed by atoms with E-state index in [9.17, 15) is 4.39 Å². The van der Waals surface area contributed by atoms with E-state index in [4.69, 9.17) is 14.2 Å². The summed E-state index contributed by atoms with van der Waals surface area (Å²) in [4.78, 5) is 19.2. The first kappa shape index (κ1) is 21.6. The van der Waals surface area contributed by atoms with Crippen molar-refractivity contribution in [1.82, 2.24) is 19.9 Å². The third-order valence-electron chi connectivity index (χ3n) is 6.11. The summed E-state index contributed by atoms with van der Waals surface area (Å²) in [7, 11) is 1.46. The minimum Gasteiger partial charge on any atom is -0.488 e. The monoisotopic (exact) mass is 454 g/mol. The van der Waals surface area contributed by atoms with Crippen LogP contribution in [-0.4, -0.2) is 65.5 Å². The number of rotatable bonds is 6. The molecule has 0 unspecified atom stereocenters. The fraction of sp³-hybridized carbons (Fsp3) is 0.478. The fourth-order valence-corrected chi connectivity index (χ4v) is 4.37. The van der Waals surface area contributed by atoms with Crippen LogP contribution < -0.4 is 19.7 Å². The van der Waals surface area contributed by atoms with Crippen LogP contribution in [0.3, 0.4) is 0 Å². The fourth-order valence-electron chi connectivity index (χ4n) is 4.37. The predicted octanol–water partition coefficient (Wildman–Crippen LogP) is 3.21. The number of hydrogen-bond acceptors (Lipinski definition) is 9. The Morgan fingerprint density at radius 1 is 1.06 bits per heavy atom. The number of morpholine rings is 1. The van der Waals surface area contributed by atoms with Gasteiger partial charge < -0.3 is 24.4 Å². The number of aromatic nitrogens is 4. The summed E-state index contributed by atoms with van der Waals surface area (Å²) >= 11 is 0. The molecule has 2 aliphatic rings. The molecule has 3 aromatic rings. The van der Waals surface area contributed by atoms with Gasteiger partial charge in [0.1, 0.15) is 11.3 Å². The largest absolute Gasteiger partial charge is 0.488 e. The molecule has 10 heteroatoms. The van der Waals surface area contributed by atoms with Crippen LogP contribution in [0.1, 0.15) is 25.7 Å². The lowest BCUT2D eigenvalue weighted by atomic mass is 9.93. The van der Waals surface area contributed by atoms with Crippen molar-refractivity contribution in [2.24, 2.45) is 0 Å². The van der Waals surface area contributed by atoms with E-state index in [0.29, 0.717) is 13.2 Å².